The van der Waals surface area contributed by atoms with E-state index in [4.69, 9.17) is 0 Å². The van der Waals surface area contributed by atoms with Crippen LogP contribution in [0, 0.1) is 23.3 Å². The summed E-state index contributed by atoms with van der Waals surface area (Å²) < 4.78 is 51.8. The number of hydrogen-bond donors (Lipinski definition) is 1. The molecular formula is C11H11F4N. The summed E-state index contributed by atoms with van der Waals surface area (Å²) in [6, 6.07) is 0.743. The fraction of sp³-hybridized carbons (Fsp3) is 0.455. The standard InChI is InChI=1S/C11H11F4N/c12-8-5-6(4-7-2-1-3-16-7)9(13)11(15)10(8)14/h5,7,16H,1-4H2. The van der Waals surface area contributed by atoms with Gasteiger partial charge in [-0.05, 0) is 37.4 Å². The Morgan fingerprint density at radius 2 is 1.88 bits per heavy atom. The van der Waals surface area contributed by atoms with Gasteiger partial charge in [-0.3, -0.25) is 0 Å². The molecule has 5 heteroatoms. The molecule has 2 rings (SSSR count). The van der Waals surface area contributed by atoms with Gasteiger partial charge in [-0.15, -0.1) is 0 Å². The van der Waals surface area contributed by atoms with Crippen LogP contribution in [-0.4, -0.2) is 12.6 Å². The first-order valence-electron chi connectivity index (χ1n) is 5.15. The summed E-state index contributed by atoms with van der Waals surface area (Å²) in [5, 5.41) is 3.08. The first-order valence-corrected chi connectivity index (χ1v) is 5.15. The Labute approximate surface area is 90.5 Å². The Bertz CT molecular complexity index is 399. The van der Waals surface area contributed by atoms with Crippen molar-refractivity contribution in [2.24, 2.45) is 0 Å². The fourth-order valence-electron chi connectivity index (χ4n) is 1.97. The first-order chi connectivity index (χ1) is 7.59. The predicted octanol–water partition coefficient (Wildman–Crippen LogP) is 2.54. The molecule has 1 aromatic rings. The molecule has 16 heavy (non-hydrogen) atoms. The lowest BCUT2D eigenvalue weighted by atomic mass is 10.0. The van der Waals surface area contributed by atoms with Crippen molar-refractivity contribution in [3.63, 3.8) is 0 Å². The smallest absolute Gasteiger partial charge is 0.197 e. The molecular weight excluding hydrogens is 222 g/mol. The topological polar surface area (TPSA) is 12.0 Å². The lowest BCUT2D eigenvalue weighted by Gasteiger charge is -2.11. The van der Waals surface area contributed by atoms with E-state index < -0.39 is 23.3 Å². The van der Waals surface area contributed by atoms with E-state index in [9.17, 15) is 17.6 Å². The molecule has 1 heterocycles. The molecule has 0 saturated carbocycles. The molecule has 1 saturated heterocycles. The summed E-state index contributed by atoms with van der Waals surface area (Å²) in [5.74, 6) is -6.10. The van der Waals surface area contributed by atoms with Crippen molar-refractivity contribution in [2.75, 3.05) is 6.54 Å². The van der Waals surface area contributed by atoms with Crippen LogP contribution in [0.3, 0.4) is 0 Å². The largest absolute Gasteiger partial charge is 0.314 e. The SMILES string of the molecule is Fc1cc(CC2CCCN2)c(F)c(F)c1F. The number of nitrogens with one attached hydrogen (secondary N) is 1. The molecule has 1 aliphatic rings. The van der Waals surface area contributed by atoms with Crippen LogP contribution in [0.2, 0.25) is 0 Å². The van der Waals surface area contributed by atoms with Gasteiger partial charge in [0.2, 0.25) is 0 Å². The molecule has 0 amide bonds. The van der Waals surface area contributed by atoms with Crippen LogP contribution in [-0.2, 0) is 6.42 Å². The van der Waals surface area contributed by atoms with E-state index in [1.807, 2.05) is 0 Å². The molecule has 0 spiro atoms. The quantitative estimate of drug-likeness (QED) is 0.470. The minimum atomic E-state index is -1.75. The van der Waals surface area contributed by atoms with E-state index in [-0.39, 0.29) is 18.0 Å². The summed E-state index contributed by atoms with van der Waals surface area (Å²) in [4.78, 5) is 0. The number of hydrogen-bond acceptors (Lipinski definition) is 1. The lowest BCUT2D eigenvalue weighted by Crippen LogP contribution is -2.24. The van der Waals surface area contributed by atoms with Crippen molar-refractivity contribution < 1.29 is 17.6 Å². The van der Waals surface area contributed by atoms with E-state index in [0.29, 0.717) is 0 Å². The third kappa shape index (κ3) is 2.04. The Hall–Kier alpha value is -1.10. The highest BCUT2D eigenvalue weighted by molar-refractivity contribution is 5.23. The highest BCUT2D eigenvalue weighted by atomic mass is 19.2. The molecule has 88 valence electrons. The maximum Gasteiger partial charge on any atom is 0.197 e. The van der Waals surface area contributed by atoms with Crippen LogP contribution in [0.5, 0.6) is 0 Å². The van der Waals surface area contributed by atoms with Gasteiger partial charge in [0.05, 0.1) is 0 Å². The third-order valence-corrected chi connectivity index (χ3v) is 2.81. The van der Waals surface area contributed by atoms with Crippen LogP contribution in [0.4, 0.5) is 17.6 Å². The van der Waals surface area contributed by atoms with Gasteiger partial charge in [0.15, 0.2) is 23.3 Å². The average Bonchev–Trinajstić information content (AvgIpc) is 2.76. The van der Waals surface area contributed by atoms with Crippen molar-refractivity contribution in [1.82, 2.24) is 5.32 Å². The van der Waals surface area contributed by atoms with Gasteiger partial charge >= 0.3 is 0 Å². The predicted molar refractivity (Wildman–Crippen MR) is 51.0 cm³/mol. The van der Waals surface area contributed by atoms with E-state index in [0.717, 1.165) is 25.5 Å². The molecule has 0 aromatic heterocycles. The van der Waals surface area contributed by atoms with Crippen molar-refractivity contribution >= 4 is 0 Å². The molecule has 1 unspecified atom stereocenters. The summed E-state index contributed by atoms with van der Waals surface area (Å²) in [7, 11) is 0. The minimum Gasteiger partial charge on any atom is -0.314 e. The number of halogens is 4. The van der Waals surface area contributed by atoms with Gasteiger partial charge in [-0.25, -0.2) is 17.6 Å². The third-order valence-electron chi connectivity index (χ3n) is 2.81. The van der Waals surface area contributed by atoms with E-state index in [1.54, 1.807) is 0 Å². The van der Waals surface area contributed by atoms with E-state index in [2.05, 4.69) is 5.32 Å². The summed E-state index contributed by atoms with van der Waals surface area (Å²) >= 11 is 0. The van der Waals surface area contributed by atoms with Crippen LogP contribution in [0.15, 0.2) is 6.07 Å². The average molecular weight is 233 g/mol. The molecule has 1 aromatic carbocycles. The summed E-state index contributed by atoms with van der Waals surface area (Å²) in [6.07, 6.45) is 1.97. The fourth-order valence-corrected chi connectivity index (χ4v) is 1.97. The summed E-state index contributed by atoms with van der Waals surface area (Å²) in [5.41, 5.74) is -0.115. The van der Waals surface area contributed by atoms with Gasteiger partial charge in [-0.2, -0.15) is 0 Å². The second kappa shape index (κ2) is 4.41. The van der Waals surface area contributed by atoms with E-state index in [1.165, 1.54) is 0 Å². The lowest BCUT2D eigenvalue weighted by molar-refractivity contribution is 0.401. The zero-order chi connectivity index (χ0) is 11.7. The van der Waals surface area contributed by atoms with Gasteiger partial charge < -0.3 is 5.32 Å². The molecule has 1 aliphatic heterocycles. The van der Waals surface area contributed by atoms with Crippen molar-refractivity contribution in [1.29, 1.82) is 0 Å². The van der Waals surface area contributed by atoms with Gasteiger partial charge in [0.1, 0.15) is 0 Å². The van der Waals surface area contributed by atoms with Gasteiger partial charge in [0.25, 0.3) is 0 Å². The second-order valence-corrected chi connectivity index (χ2v) is 3.96. The molecule has 0 bridgehead atoms. The van der Waals surface area contributed by atoms with Gasteiger partial charge in [0, 0.05) is 6.04 Å². The summed E-state index contributed by atoms with van der Waals surface area (Å²) in [6.45, 7) is 0.818. The van der Waals surface area contributed by atoms with Crippen LogP contribution in [0.25, 0.3) is 0 Å². The van der Waals surface area contributed by atoms with Crippen molar-refractivity contribution in [3.05, 3.63) is 34.9 Å². The highest BCUT2D eigenvalue weighted by Gasteiger charge is 2.22. The zero-order valence-electron chi connectivity index (χ0n) is 8.49. The molecule has 0 radical (unpaired) electrons. The highest BCUT2D eigenvalue weighted by Crippen LogP contribution is 2.21. The molecule has 1 fully saturated rings. The van der Waals surface area contributed by atoms with Crippen LogP contribution in [0.1, 0.15) is 18.4 Å². The monoisotopic (exact) mass is 233 g/mol. The minimum absolute atomic E-state index is 0.0127. The molecule has 1 N–H and O–H groups in total. The van der Waals surface area contributed by atoms with E-state index >= 15 is 0 Å². The second-order valence-electron chi connectivity index (χ2n) is 3.96. The zero-order valence-corrected chi connectivity index (χ0v) is 8.49. The molecule has 1 atom stereocenters. The van der Waals surface area contributed by atoms with Crippen LogP contribution < -0.4 is 5.32 Å². The molecule has 0 aliphatic carbocycles. The first kappa shape index (κ1) is 11.4. The Morgan fingerprint density at radius 3 is 2.50 bits per heavy atom. The molecule has 1 nitrogen and oxygen atoms in total. The van der Waals surface area contributed by atoms with Gasteiger partial charge in [-0.1, -0.05) is 0 Å². The number of benzene rings is 1. The maximum atomic E-state index is 13.3. The Morgan fingerprint density at radius 1 is 1.12 bits per heavy atom. The Balaban J connectivity index is 2.26. The van der Waals surface area contributed by atoms with Crippen molar-refractivity contribution in [3.8, 4) is 0 Å². The van der Waals surface area contributed by atoms with Crippen LogP contribution >= 0.6 is 0 Å². The van der Waals surface area contributed by atoms with Crippen molar-refractivity contribution in [2.45, 2.75) is 25.3 Å². The maximum absolute atomic E-state index is 13.3. The Kier molecular flexibility index (Phi) is 3.14. The normalized spacial score (nSPS) is 20.4. The number of rotatable bonds is 2.